The second kappa shape index (κ2) is 15.1. The van der Waals surface area contributed by atoms with E-state index < -0.39 is 23.4 Å². The van der Waals surface area contributed by atoms with E-state index in [4.69, 9.17) is 9.47 Å². The molecule has 0 saturated heterocycles. The molecule has 5 nitrogen and oxygen atoms in total. The summed E-state index contributed by atoms with van der Waals surface area (Å²) in [5, 5.41) is 0. The number of nitrogens with zero attached hydrogens (tertiary/aromatic N) is 3. The zero-order chi connectivity index (χ0) is 26.5. The largest absolute Gasteiger partial charge is 0.490 e. The van der Waals surface area contributed by atoms with Gasteiger partial charge in [-0.15, -0.1) is 0 Å². The van der Waals surface area contributed by atoms with Crippen LogP contribution in [0.25, 0.3) is 0 Å². The highest BCUT2D eigenvalue weighted by molar-refractivity contribution is 5.38. The minimum atomic E-state index is -3.47. The van der Waals surface area contributed by atoms with E-state index >= 15 is 8.78 Å². The van der Waals surface area contributed by atoms with Gasteiger partial charge < -0.3 is 9.47 Å². The third-order valence-corrected chi connectivity index (χ3v) is 6.98. The number of hydrogen-bond donors (Lipinski definition) is 0. The molecule has 0 aromatic carbocycles. The van der Waals surface area contributed by atoms with E-state index in [0.29, 0.717) is 19.0 Å². The molecule has 0 N–H and O–H groups in total. The number of fused-ring (bicyclic) bond motifs is 1. The quantitative estimate of drug-likeness (QED) is 0.155. The van der Waals surface area contributed by atoms with Crippen LogP contribution < -0.4 is 9.47 Å². The first-order valence-electron chi connectivity index (χ1n) is 14.1. The first-order valence-corrected chi connectivity index (χ1v) is 14.1. The predicted molar refractivity (Wildman–Crippen MR) is 139 cm³/mol. The van der Waals surface area contributed by atoms with Crippen LogP contribution in [0.3, 0.4) is 0 Å². The van der Waals surface area contributed by atoms with Gasteiger partial charge in [0, 0.05) is 6.07 Å². The second-order valence-electron chi connectivity index (χ2n) is 10.0. The molecule has 0 fully saturated rings. The minimum Gasteiger partial charge on any atom is -0.490 e. The number of aryl methyl sites for hydroxylation is 1. The Hall–Kier alpha value is -2.38. The van der Waals surface area contributed by atoms with Crippen molar-refractivity contribution in [2.45, 2.75) is 116 Å². The highest BCUT2D eigenvalue weighted by Crippen LogP contribution is 2.49. The summed E-state index contributed by atoms with van der Waals surface area (Å²) < 4.78 is 57.0. The summed E-state index contributed by atoms with van der Waals surface area (Å²) in [5.41, 5.74) is -0.423. The summed E-state index contributed by atoms with van der Waals surface area (Å²) in [6.45, 7) is 5.30. The third-order valence-electron chi connectivity index (χ3n) is 6.98. The first kappa shape index (κ1) is 29.2. The summed E-state index contributed by atoms with van der Waals surface area (Å²) in [6, 6.07) is 1.46. The predicted octanol–water partition coefficient (Wildman–Crippen LogP) is 8.31. The first-order chi connectivity index (χ1) is 18.0. The Kier molecular flexibility index (Phi) is 11.9. The van der Waals surface area contributed by atoms with Crippen molar-refractivity contribution in [1.29, 1.82) is 0 Å². The van der Waals surface area contributed by atoms with Gasteiger partial charge in [-0.05, 0) is 31.2 Å². The van der Waals surface area contributed by atoms with Crippen molar-refractivity contribution in [3.05, 3.63) is 41.4 Å². The van der Waals surface area contributed by atoms with Crippen LogP contribution >= 0.6 is 0 Å². The second-order valence-corrected chi connectivity index (χ2v) is 10.0. The Bertz CT molecular complexity index is 941. The Morgan fingerprint density at radius 3 is 2.03 bits per heavy atom. The van der Waals surface area contributed by atoms with Gasteiger partial charge >= 0.3 is 0 Å². The lowest BCUT2D eigenvalue weighted by molar-refractivity contribution is -0.0501. The van der Waals surface area contributed by atoms with Gasteiger partial charge in [0.05, 0.1) is 37.1 Å². The molecular weight excluding hydrogens is 479 g/mol. The van der Waals surface area contributed by atoms with Crippen LogP contribution in [-0.4, -0.2) is 28.2 Å². The molecular formula is C29H42F3N3O2. The fourth-order valence-corrected chi connectivity index (χ4v) is 4.82. The highest BCUT2D eigenvalue weighted by atomic mass is 19.3. The van der Waals surface area contributed by atoms with E-state index in [1.165, 1.54) is 63.4 Å². The van der Waals surface area contributed by atoms with E-state index in [1.54, 1.807) is 0 Å². The summed E-state index contributed by atoms with van der Waals surface area (Å²) >= 11 is 0. The maximum absolute atomic E-state index is 15.4. The molecule has 0 aliphatic heterocycles. The van der Waals surface area contributed by atoms with Gasteiger partial charge in [-0.1, -0.05) is 78.1 Å². The molecule has 0 amide bonds. The van der Waals surface area contributed by atoms with Gasteiger partial charge in [-0.3, -0.25) is 0 Å². The number of pyridine rings is 1. The molecule has 37 heavy (non-hydrogen) atoms. The topological polar surface area (TPSA) is 57.1 Å². The molecule has 2 aromatic rings. The third kappa shape index (κ3) is 8.57. The molecule has 0 spiro atoms. The zero-order valence-corrected chi connectivity index (χ0v) is 22.4. The van der Waals surface area contributed by atoms with E-state index in [2.05, 4.69) is 28.8 Å². The summed E-state index contributed by atoms with van der Waals surface area (Å²) in [7, 11) is 0. The molecule has 2 heterocycles. The van der Waals surface area contributed by atoms with Crippen LogP contribution in [0.1, 0.15) is 120 Å². The van der Waals surface area contributed by atoms with Gasteiger partial charge in [0.25, 0.3) is 5.92 Å². The van der Waals surface area contributed by atoms with Crippen molar-refractivity contribution in [2.24, 2.45) is 0 Å². The van der Waals surface area contributed by atoms with Gasteiger partial charge in [-0.25, -0.2) is 18.7 Å². The normalized spacial score (nSPS) is 16.4. The number of unbranched alkanes of at least 4 members (excludes halogenated alkanes) is 10. The molecule has 1 aliphatic carbocycles. The number of ether oxygens (including phenoxy) is 2. The molecule has 2 aromatic heterocycles. The number of aromatic nitrogens is 3. The number of rotatable bonds is 17. The highest BCUT2D eigenvalue weighted by Gasteiger charge is 2.50. The van der Waals surface area contributed by atoms with Crippen molar-refractivity contribution in [1.82, 2.24) is 15.0 Å². The SMILES string of the molecule is CCCCCCCCOc1cnc(C2CCc3cc(OCCCCCCCC)nc(F)c3C2(F)F)nc1. The van der Waals surface area contributed by atoms with Crippen molar-refractivity contribution in [3.8, 4) is 11.6 Å². The van der Waals surface area contributed by atoms with Crippen LogP contribution in [0.4, 0.5) is 13.2 Å². The smallest absolute Gasteiger partial charge is 0.287 e. The molecule has 1 unspecified atom stereocenters. The van der Waals surface area contributed by atoms with Crippen molar-refractivity contribution >= 4 is 0 Å². The lowest BCUT2D eigenvalue weighted by Crippen LogP contribution is -2.33. The van der Waals surface area contributed by atoms with Gasteiger partial charge in [0.2, 0.25) is 11.8 Å². The number of alkyl halides is 2. The van der Waals surface area contributed by atoms with Crippen LogP contribution in [0, 0.1) is 5.95 Å². The summed E-state index contributed by atoms with van der Waals surface area (Å²) in [5.74, 6) is -5.45. The Labute approximate surface area is 219 Å². The fourth-order valence-electron chi connectivity index (χ4n) is 4.82. The molecule has 3 rings (SSSR count). The molecule has 8 heteroatoms. The zero-order valence-electron chi connectivity index (χ0n) is 22.4. The maximum Gasteiger partial charge on any atom is 0.287 e. The average molecular weight is 522 g/mol. The number of hydrogen-bond acceptors (Lipinski definition) is 5. The van der Waals surface area contributed by atoms with E-state index in [-0.39, 0.29) is 30.1 Å². The lowest BCUT2D eigenvalue weighted by atomic mass is 9.80. The Balaban J connectivity index is 1.54. The Morgan fingerprint density at radius 2 is 1.41 bits per heavy atom. The van der Waals surface area contributed by atoms with Gasteiger partial charge in [0.1, 0.15) is 5.82 Å². The van der Waals surface area contributed by atoms with Crippen molar-refractivity contribution in [2.75, 3.05) is 13.2 Å². The molecule has 1 aliphatic rings. The van der Waals surface area contributed by atoms with E-state index in [0.717, 1.165) is 32.1 Å². The van der Waals surface area contributed by atoms with Crippen molar-refractivity contribution < 1.29 is 22.6 Å². The maximum atomic E-state index is 15.4. The monoisotopic (exact) mass is 521 g/mol. The standard InChI is InChI=1S/C29H42F3N3O2/c1-3-5-7-9-11-13-17-36-23-20-33-28(34-21-23)24-16-15-22-19-25(35-27(30)26(22)29(24,31)32)37-18-14-12-10-8-6-4-2/h19-21,24H,3-18H2,1-2H3. The van der Waals surface area contributed by atoms with Gasteiger partial charge in [0.15, 0.2) is 5.75 Å². The summed E-state index contributed by atoms with van der Waals surface area (Å²) in [6.07, 6.45) is 16.7. The van der Waals surface area contributed by atoms with Crippen LogP contribution in [0.15, 0.2) is 18.5 Å². The minimum absolute atomic E-state index is 0.00892. The van der Waals surface area contributed by atoms with Crippen LogP contribution in [-0.2, 0) is 12.3 Å². The van der Waals surface area contributed by atoms with Gasteiger partial charge in [-0.2, -0.15) is 9.37 Å². The van der Waals surface area contributed by atoms with E-state index in [1.807, 2.05) is 0 Å². The average Bonchev–Trinajstić information content (AvgIpc) is 2.88. The molecule has 0 saturated carbocycles. The molecule has 206 valence electrons. The molecule has 0 radical (unpaired) electrons. The van der Waals surface area contributed by atoms with Crippen LogP contribution in [0.2, 0.25) is 0 Å². The lowest BCUT2D eigenvalue weighted by Gasteiger charge is -2.32. The van der Waals surface area contributed by atoms with Crippen LogP contribution in [0.5, 0.6) is 11.6 Å². The molecule has 0 bridgehead atoms. The molecule has 1 atom stereocenters. The fraction of sp³-hybridized carbons (Fsp3) is 0.690. The van der Waals surface area contributed by atoms with Crippen molar-refractivity contribution in [3.63, 3.8) is 0 Å². The van der Waals surface area contributed by atoms with E-state index in [9.17, 15) is 4.39 Å². The Morgan fingerprint density at radius 1 is 0.838 bits per heavy atom. The summed E-state index contributed by atoms with van der Waals surface area (Å²) in [4.78, 5) is 12.0. The number of halogens is 3.